The standard InChI is InChI=1S/C12H20N2O2/c15-11-5-1-4-9(11)14-6-2-3-8-10(14)7-13-12(8)16/h8-11,15H,1-7H2,(H,13,16). The van der Waals surface area contributed by atoms with Crippen LogP contribution in [0.25, 0.3) is 0 Å². The summed E-state index contributed by atoms with van der Waals surface area (Å²) < 4.78 is 0. The van der Waals surface area contributed by atoms with Crippen molar-refractivity contribution in [3.05, 3.63) is 0 Å². The summed E-state index contributed by atoms with van der Waals surface area (Å²) in [4.78, 5) is 14.1. The van der Waals surface area contributed by atoms with Gasteiger partial charge in [-0.15, -0.1) is 0 Å². The second-order valence-electron chi connectivity index (χ2n) is 5.36. The number of piperidine rings is 1. The maximum atomic E-state index is 11.7. The molecule has 1 amide bonds. The van der Waals surface area contributed by atoms with Gasteiger partial charge in [0.05, 0.1) is 12.0 Å². The lowest BCUT2D eigenvalue weighted by atomic mass is 9.89. The lowest BCUT2D eigenvalue weighted by Crippen LogP contribution is -2.53. The Balaban J connectivity index is 1.77. The smallest absolute Gasteiger partial charge is 0.224 e. The Morgan fingerprint density at radius 1 is 1.19 bits per heavy atom. The Kier molecular flexibility index (Phi) is 2.64. The van der Waals surface area contributed by atoms with E-state index < -0.39 is 0 Å². The van der Waals surface area contributed by atoms with Gasteiger partial charge in [-0.2, -0.15) is 0 Å². The second kappa shape index (κ2) is 4.00. The van der Waals surface area contributed by atoms with Crippen LogP contribution in [-0.2, 0) is 4.79 Å². The number of amides is 1. The van der Waals surface area contributed by atoms with Crippen molar-refractivity contribution in [3.8, 4) is 0 Å². The van der Waals surface area contributed by atoms with Crippen LogP contribution in [0.5, 0.6) is 0 Å². The molecule has 4 atom stereocenters. The molecule has 16 heavy (non-hydrogen) atoms. The first-order chi connectivity index (χ1) is 7.77. The number of carbonyl (C=O) groups excluding carboxylic acids is 1. The van der Waals surface area contributed by atoms with Crippen molar-refractivity contribution in [3.63, 3.8) is 0 Å². The monoisotopic (exact) mass is 224 g/mol. The van der Waals surface area contributed by atoms with Crippen molar-refractivity contribution >= 4 is 5.91 Å². The minimum absolute atomic E-state index is 0.172. The summed E-state index contributed by atoms with van der Waals surface area (Å²) in [6.45, 7) is 1.84. The zero-order valence-corrected chi connectivity index (χ0v) is 9.56. The fourth-order valence-corrected chi connectivity index (χ4v) is 3.70. The number of aliphatic hydroxyl groups excluding tert-OH is 1. The van der Waals surface area contributed by atoms with E-state index in [1.54, 1.807) is 0 Å². The van der Waals surface area contributed by atoms with Gasteiger partial charge in [-0.05, 0) is 38.6 Å². The first-order valence-electron chi connectivity index (χ1n) is 6.49. The summed E-state index contributed by atoms with van der Waals surface area (Å²) in [5.41, 5.74) is 0. The van der Waals surface area contributed by atoms with E-state index in [-0.39, 0.29) is 17.9 Å². The predicted molar refractivity (Wildman–Crippen MR) is 59.9 cm³/mol. The van der Waals surface area contributed by atoms with Crippen molar-refractivity contribution in [1.29, 1.82) is 0 Å². The number of likely N-dealkylation sites (tertiary alicyclic amines) is 1. The van der Waals surface area contributed by atoms with E-state index in [1.807, 2.05) is 0 Å². The Labute approximate surface area is 96.0 Å². The molecular weight excluding hydrogens is 204 g/mol. The van der Waals surface area contributed by atoms with Gasteiger partial charge in [0.15, 0.2) is 0 Å². The van der Waals surface area contributed by atoms with Crippen LogP contribution in [-0.4, -0.2) is 47.2 Å². The maximum Gasteiger partial charge on any atom is 0.224 e. The van der Waals surface area contributed by atoms with E-state index in [1.165, 1.54) is 0 Å². The van der Waals surface area contributed by atoms with E-state index in [4.69, 9.17) is 0 Å². The molecule has 4 heteroatoms. The molecule has 1 aliphatic carbocycles. The Hall–Kier alpha value is -0.610. The molecule has 90 valence electrons. The summed E-state index contributed by atoms with van der Waals surface area (Å²) in [6, 6.07) is 0.652. The zero-order chi connectivity index (χ0) is 11.1. The van der Waals surface area contributed by atoms with Gasteiger partial charge in [0.2, 0.25) is 5.91 Å². The molecule has 4 nitrogen and oxygen atoms in total. The molecular formula is C12H20N2O2. The molecule has 2 aliphatic heterocycles. The van der Waals surface area contributed by atoms with Crippen LogP contribution in [0.2, 0.25) is 0 Å². The van der Waals surface area contributed by atoms with Crippen molar-refractivity contribution in [1.82, 2.24) is 10.2 Å². The van der Waals surface area contributed by atoms with Crippen LogP contribution in [0.1, 0.15) is 32.1 Å². The molecule has 2 saturated heterocycles. The van der Waals surface area contributed by atoms with Gasteiger partial charge in [-0.3, -0.25) is 9.69 Å². The van der Waals surface area contributed by atoms with Gasteiger partial charge in [0, 0.05) is 18.6 Å². The van der Waals surface area contributed by atoms with Gasteiger partial charge < -0.3 is 10.4 Å². The quantitative estimate of drug-likeness (QED) is 0.664. The summed E-state index contributed by atoms with van der Waals surface area (Å²) in [6.07, 6.45) is 5.10. The number of nitrogens with one attached hydrogen (secondary N) is 1. The van der Waals surface area contributed by atoms with Gasteiger partial charge in [0.25, 0.3) is 0 Å². The fourth-order valence-electron chi connectivity index (χ4n) is 3.70. The fraction of sp³-hybridized carbons (Fsp3) is 0.917. The average Bonchev–Trinajstić information content (AvgIpc) is 2.86. The zero-order valence-electron chi connectivity index (χ0n) is 9.56. The molecule has 3 rings (SSSR count). The molecule has 0 bridgehead atoms. The molecule has 2 heterocycles. The summed E-state index contributed by atoms with van der Waals surface area (Å²) >= 11 is 0. The number of aliphatic hydroxyl groups is 1. The molecule has 3 fully saturated rings. The molecule has 1 saturated carbocycles. The number of carbonyl (C=O) groups is 1. The van der Waals surface area contributed by atoms with E-state index in [0.717, 1.165) is 45.2 Å². The number of nitrogens with zero attached hydrogens (tertiary/aromatic N) is 1. The van der Waals surface area contributed by atoms with Crippen LogP contribution in [0, 0.1) is 5.92 Å². The summed E-state index contributed by atoms with van der Waals surface area (Å²) in [5.74, 6) is 0.406. The molecule has 0 aromatic carbocycles. The Morgan fingerprint density at radius 3 is 2.81 bits per heavy atom. The lowest BCUT2D eigenvalue weighted by Gasteiger charge is -2.41. The highest BCUT2D eigenvalue weighted by Gasteiger charge is 2.45. The van der Waals surface area contributed by atoms with E-state index in [9.17, 15) is 9.90 Å². The molecule has 3 aliphatic rings. The normalized spacial score (nSPS) is 44.4. The molecule has 0 radical (unpaired) electrons. The minimum Gasteiger partial charge on any atom is -0.391 e. The van der Waals surface area contributed by atoms with Gasteiger partial charge in [-0.1, -0.05) is 0 Å². The molecule has 0 aromatic heterocycles. The molecule has 0 aromatic rings. The van der Waals surface area contributed by atoms with Crippen LogP contribution in [0.3, 0.4) is 0 Å². The van der Waals surface area contributed by atoms with Crippen molar-refractivity contribution in [2.45, 2.75) is 50.3 Å². The highest BCUT2D eigenvalue weighted by molar-refractivity contribution is 5.82. The highest BCUT2D eigenvalue weighted by atomic mass is 16.3. The van der Waals surface area contributed by atoms with Crippen LogP contribution in [0.4, 0.5) is 0 Å². The van der Waals surface area contributed by atoms with E-state index >= 15 is 0 Å². The van der Waals surface area contributed by atoms with Crippen LogP contribution >= 0.6 is 0 Å². The van der Waals surface area contributed by atoms with Crippen LogP contribution in [0.15, 0.2) is 0 Å². The maximum absolute atomic E-state index is 11.7. The van der Waals surface area contributed by atoms with Crippen molar-refractivity contribution < 1.29 is 9.90 Å². The lowest BCUT2D eigenvalue weighted by molar-refractivity contribution is -0.124. The Morgan fingerprint density at radius 2 is 2.06 bits per heavy atom. The van der Waals surface area contributed by atoms with E-state index in [0.29, 0.717) is 12.1 Å². The number of hydrogen-bond donors (Lipinski definition) is 2. The number of rotatable bonds is 1. The van der Waals surface area contributed by atoms with Crippen molar-refractivity contribution in [2.75, 3.05) is 13.1 Å². The summed E-state index contributed by atoms with van der Waals surface area (Å²) in [7, 11) is 0. The van der Waals surface area contributed by atoms with Crippen molar-refractivity contribution in [2.24, 2.45) is 5.92 Å². The number of fused-ring (bicyclic) bond motifs is 1. The topological polar surface area (TPSA) is 52.6 Å². The molecule has 0 spiro atoms. The van der Waals surface area contributed by atoms with Crippen LogP contribution < -0.4 is 5.32 Å². The highest BCUT2D eigenvalue weighted by Crippen LogP contribution is 2.34. The molecule has 4 unspecified atom stereocenters. The van der Waals surface area contributed by atoms with E-state index in [2.05, 4.69) is 10.2 Å². The third kappa shape index (κ3) is 1.55. The SMILES string of the molecule is O=C1NCC2C1CCCN2C1CCCC1O. The summed E-state index contributed by atoms with van der Waals surface area (Å²) in [5, 5.41) is 12.9. The first kappa shape index (κ1) is 10.5. The third-order valence-electron chi connectivity index (χ3n) is 4.51. The minimum atomic E-state index is -0.172. The Bertz CT molecular complexity index is 295. The largest absolute Gasteiger partial charge is 0.391 e. The molecule has 2 N–H and O–H groups in total. The average molecular weight is 224 g/mol. The van der Waals surface area contributed by atoms with Gasteiger partial charge >= 0.3 is 0 Å². The van der Waals surface area contributed by atoms with Gasteiger partial charge in [0.1, 0.15) is 0 Å². The second-order valence-corrected chi connectivity index (χ2v) is 5.36. The predicted octanol–water partition coefficient (Wildman–Crippen LogP) is 0.110. The third-order valence-corrected chi connectivity index (χ3v) is 4.51. The first-order valence-corrected chi connectivity index (χ1v) is 6.49. The number of hydrogen-bond acceptors (Lipinski definition) is 3. The van der Waals surface area contributed by atoms with Gasteiger partial charge in [-0.25, -0.2) is 0 Å².